The predicted octanol–water partition coefficient (Wildman–Crippen LogP) is 2.99. The third kappa shape index (κ3) is 3.50. The number of hydrogen-bond acceptors (Lipinski definition) is 7. The van der Waals surface area contributed by atoms with Crippen LogP contribution in [0.15, 0.2) is 46.8 Å². The number of ether oxygens (including phenoxy) is 1. The van der Waals surface area contributed by atoms with Gasteiger partial charge >= 0.3 is 0 Å². The van der Waals surface area contributed by atoms with E-state index < -0.39 is 4.92 Å². The number of methoxy groups -OCH3 is 1. The molecule has 0 unspecified atom stereocenters. The van der Waals surface area contributed by atoms with Crippen LogP contribution in [-0.4, -0.2) is 22.1 Å². The molecule has 8 heteroatoms. The number of nitrogens with zero attached hydrogens (tertiary/aromatic N) is 4. The van der Waals surface area contributed by atoms with E-state index in [1.807, 2.05) is 0 Å². The van der Waals surface area contributed by atoms with Crippen molar-refractivity contribution in [1.82, 2.24) is 4.98 Å². The molecule has 0 aliphatic heterocycles. The second-order valence-corrected chi connectivity index (χ2v) is 4.00. The summed E-state index contributed by atoms with van der Waals surface area (Å²) in [7, 11) is 1.46. The Morgan fingerprint density at radius 1 is 1.38 bits per heavy atom. The maximum absolute atomic E-state index is 10.5. The summed E-state index contributed by atoms with van der Waals surface area (Å²) in [5, 5.41) is 28.1. The summed E-state index contributed by atoms with van der Waals surface area (Å²) >= 11 is 0. The molecule has 0 bridgehead atoms. The Balaban J connectivity index is 2.07. The van der Waals surface area contributed by atoms with Gasteiger partial charge in [0, 0.05) is 11.6 Å². The Morgan fingerprint density at radius 2 is 2.19 bits per heavy atom. The molecule has 0 saturated heterocycles. The number of pyridine rings is 1. The van der Waals surface area contributed by atoms with Crippen molar-refractivity contribution < 1.29 is 14.8 Å². The largest absolute Gasteiger partial charge is 0.504 e. The van der Waals surface area contributed by atoms with Gasteiger partial charge in [0.15, 0.2) is 17.3 Å². The molecule has 1 aromatic carbocycles. The van der Waals surface area contributed by atoms with Crippen molar-refractivity contribution in [1.29, 1.82) is 0 Å². The zero-order valence-electron chi connectivity index (χ0n) is 11.1. The van der Waals surface area contributed by atoms with Gasteiger partial charge in [0.05, 0.1) is 18.6 Å². The van der Waals surface area contributed by atoms with E-state index in [0.29, 0.717) is 11.3 Å². The van der Waals surface area contributed by atoms with Crippen LogP contribution in [0.5, 0.6) is 11.5 Å². The van der Waals surface area contributed by atoms with Crippen LogP contribution in [-0.2, 0) is 6.54 Å². The van der Waals surface area contributed by atoms with Gasteiger partial charge in [0.25, 0.3) is 5.69 Å². The first-order chi connectivity index (χ1) is 10.1. The van der Waals surface area contributed by atoms with Gasteiger partial charge in [-0.05, 0) is 12.1 Å². The summed E-state index contributed by atoms with van der Waals surface area (Å²) in [5.41, 5.74) is 0.444. The highest BCUT2D eigenvalue weighted by molar-refractivity contribution is 5.45. The van der Waals surface area contributed by atoms with Crippen LogP contribution in [0, 0.1) is 10.1 Å². The summed E-state index contributed by atoms with van der Waals surface area (Å²) in [4.78, 5) is 13.7. The fourth-order valence-corrected chi connectivity index (χ4v) is 1.59. The number of phenolic OH excluding ortho intramolecular Hbond substituents is 1. The number of aromatic nitrogens is 1. The van der Waals surface area contributed by atoms with Gasteiger partial charge in [0.2, 0.25) is 0 Å². The maximum Gasteiger partial charge on any atom is 0.287 e. The third-order valence-electron chi connectivity index (χ3n) is 2.66. The molecule has 0 aliphatic rings. The summed E-state index contributed by atoms with van der Waals surface area (Å²) < 4.78 is 4.99. The van der Waals surface area contributed by atoms with Gasteiger partial charge in [-0.1, -0.05) is 12.1 Å². The Kier molecular flexibility index (Phi) is 4.39. The molecule has 2 rings (SSSR count). The van der Waals surface area contributed by atoms with Crippen LogP contribution in [0.25, 0.3) is 0 Å². The molecule has 0 spiro atoms. The van der Waals surface area contributed by atoms with Crippen molar-refractivity contribution in [2.75, 3.05) is 7.11 Å². The third-order valence-corrected chi connectivity index (χ3v) is 2.66. The van der Waals surface area contributed by atoms with E-state index in [9.17, 15) is 15.2 Å². The topological polar surface area (TPSA) is 110 Å². The SMILES string of the molecule is COc1cccc(CN=Nc2ccc([N+](=O)[O-])cn2)c1O. The van der Waals surface area contributed by atoms with Gasteiger partial charge in [0.1, 0.15) is 6.20 Å². The summed E-state index contributed by atoms with van der Waals surface area (Å²) in [6.07, 6.45) is 1.11. The highest BCUT2D eigenvalue weighted by Crippen LogP contribution is 2.30. The lowest BCUT2D eigenvalue weighted by molar-refractivity contribution is -0.385. The highest BCUT2D eigenvalue weighted by Gasteiger charge is 2.07. The van der Waals surface area contributed by atoms with E-state index in [1.165, 1.54) is 19.2 Å². The molecule has 1 aromatic heterocycles. The average Bonchev–Trinajstić information content (AvgIpc) is 2.49. The summed E-state index contributed by atoms with van der Waals surface area (Å²) in [5.74, 6) is 0.620. The molecule has 0 atom stereocenters. The standard InChI is InChI=1S/C13H12N4O4/c1-21-11-4-2-3-9(13(11)18)7-15-16-12-6-5-10(8-14-12)17(19)20/h2-6,8,18H,7H2,1H3. The molecule has 8 nitrogen and oxygen atoms in total. The number of rotatable bonds is 5. The van der Waals surface area contributed by atoms with Crippen molar-refractivity contribution in [2.45, 2.75) is 6.54 Å². The first-order valence-corrected chi connectivity index (χ1v) is 5.94. The van der Waals surface area contributed by atoms with Gasteiger partial charge < -0.3 is 9.84 Å². The van der Waals surface area contributed by atoms with Gasteiger partial charge in [-0.2, -0.15) is 5.11 Å². The lowest BCUT2D eigenvalue weighted by Crippen LogP contribution is -1.88. The average molecular weight is 288 g/mol. The number of phenols is 1. The zero-order valence-corrected chi connectivity index (χ0v) is 11.1. The van der Waals surface area contributed by atoms with Gasteiger partial charge in [-0.15, -0.1) is 5.11 Å². The monoisotopic (exact) mass is 288 g/mol. The fourth-order valence-electron chi connectivity index (χ4n) is 1.59. The molecule has 108 valence electrons. The van der Waals surface area contributed by atoms with Crippen LogP contribution in [0.3, 0.4) is 0 Å². The molecule has 0 amide bonds. The number of para-hydroxylation sites is 1. The number of azo groups is 1. The number of aromatic hydroxyl groups is 1. The second kappa shape index (κ2) is 6.42. The van der Waals surface area contributed by atoms with Gasteiger partial charge in [-0.3, -0.25) is 10.1 Å². The van der Waals surface area contributed by atoms with Crippen molar-refractivity contribution in [3.05, 3.63) is 52.2 Å². The smallest absolute Gasteiger partial charge is 0.287 e. The Morgan fingerprint density at radius 3 is 2.81 bits per heavy atom. The lowest BCUT2D eigenvalue weighted by Gasteiger charge is -2.05. The van der Waals surface area contributed by atoms with E-state index in [2.05, 4.69) is 15.2 Å². The van der Waals surface area contributed by atoms with Crippen LogP contribution in [0.2, 0.25) is 0 Å². The van der Waals surface area contributed by atoms with Crippen LogP contribution >= 0.6 is 0 Å². The van der Waals surface area contributed by atoms with E-state index in [4.69, 9.17) is 4.74 Å². The number of nitro groups is 1. The highest BCUT2D eigenvalue weighted by atomic mass is 16.6. The van der Waals surface area contributed by atoms with Crippen molar-refractivity contribution >= 4 is 11.5 Å². The molecular formula is C13H12N4O4. The van der Waals surface area contributed by atoms with Gasteiger partial charge in [-0.25, -0.2) is 4.98 Å². The number of benzene rings is 1. The fraction of sp³-hybridized carbons (Fsp3) is 0.154. The summed E-state index contributed by atoms with van der Waals surface area (Å²) in [6.45, 7) is 0.141. The number of hydrogen-bond donors (Lipinski definition) is 1. The molecule has 0 radical (unpaired) electrons. The van der Waals surface area contributed by atoms with E-state index in [1.54, 1.807) is 18.2 Å². The molecule has 0 saturated carbocycles. The minimum absolute atomic E-state index is 0.00982. The maximum atomic E-state index is 10.5. The minimum Gasteiger partial charge on any atom is -0.504 e. The van der Waals surface area contributed by atoms with Crippen LogP contribution in [0.1, 0.15) is 5.56 Å². The second-order valence-electron chi connectivity index (χ2n) is 4.00. The molecule has 0 fully saturated rings. The van der Waals surface area contributed by atoms with Crippen LogP contribution < -0.4 is 4.74 Å². The van der Waals surface area contributed by atoms with Crippen molar-refractivity contribution in [3.8, 4) is 11.5 Å². The minimum atomic E-state index is -0.539. The normalized spacial score (nSPS) is 10.7. The molecule has 21 heavy (non-hydrogen) atoms. The Labute approximate surface area is 119 Å². The molecule has 2 aromatic rings. The lowest BCUT2D eigenvalue weighted by atomic mass is 10.2. The predicted molar refractivity (Wildman–Crippen MR) is 73.8 cm³/mol. The van der Waals surface area contributed by atoms with E-state index >= 15 is 0 Å². The molecular weight excluding hydrogens is 276 g/mol. The molecule has 1 N–H and O–H groups in total. The summed E-state index contributed by atoms with van der Waals surface area (Å²) in [6, 6.07) is 7.75. The van der Waals surface area contributed by atoms with Crippen molar-refractivity contribution in [2.24, 2.45) is 10.2 Å². The quantitative estimate of drug-likeness (QED) is 0.516. The Hall–Kier alpha value is -3.03. The molecule has 0 aliphatic carbocycles. The van der Waals surface area contributed by atoms with E-state index in [-0.39, 0.29) is 23.8 Å². The molecule has 1 heterocycles. The van der Waals surface area contributed by atoms with E-state index in [0.717, 1.165) is 6.20 Å². The first kappa shape index (κ1) is 14.4. The Bertz CT molecular complexity index is 670. The zero-order chi connectivity index (χ0) is 15.2. The van der Waals surface area contributed by atoms with Crippen molar-refractivity contribution in [3.63, 3.8) is 0 Å². The van der Waals surface area contributed by atoms with Crippen LogP contribution in [0.4, 0.5) is 11.5 Å². The first-order valence-electron chi connectivity index (χ1n) is 5.94.